The number of rotatable bonds is 8. The number of morpholine rings is 1. The quantitative estimate of drug-likeness (QED) is 0.515. The van der Waals surface area contributed by atoms with Crippen LogP contribution in [0.1, 0.15) is 18.5 Å². The minimum Gasteiger partial charge on any atom is -0.379 e. The van der Waals surface area contributed by atoms with Gasteiger partial charge in [-0.1, -0.05) is 60.7 Å². The fourth-order valence-corrected chi connectivity index (χ4v) is 5.31. The molecular weight excluding hydrogens is 450 g/mol. The zero-order valence-electron chi connectivity index (χ0n) is 19.1. The standard InChI is InChI=1S/C26H29N3O4S/c1-20(21-10-12-23(13-11-21)22-6-3-2-4-7-22)28-26(30)19-27-24-8-5-9-25(18-24)34(31,32)29-14-16-33-17-15-29/h2-13,18,20,27H,14-17,19H2,1H3,(H,28,30)/t20-/m0/s1. The van der Waals surface area contributed by atoms with Gasteiger partial charge in [0.1, 0.15) is 0 Å². The van der Waals surface area contributed by atoms with E-state index in [0.29, 0.717) is 32.0 Å². The number of sulfonamides is 1. The van der Waals surface area contributed by atoms with E-state index in [1.807, 2.05) is 49.4 Å². The number of benzene rings is 3. The maximum absolute atomic E-state index is 12.9. The van der Waals surface area contributed by atoms with E-state index in [1.54, 1.807) is 24.3 Å². The third-order valence-electron chi connectivity index (χ3n) is 5.79. The first-order valence-corrected chi connectivity index (χ1v) is 12.7. The fraction of sp³-hybridized carbons (Fsp3) is 0.269. The van der Waals surface area contributed by atoms with Crippen LogP contribution in [0.5, 0.6) is 0 Å². The van der Waals surface area contributed by atoms with Gasteiger partial charge >= 0.3 is 0 Å². The summed E-state index contributed by atoms with van der Waals surface area (Å²) in [5, 5.41) is 6.01. The highest BCUT2D eigenvalue weighted by atomic mass is 32.2. The van der Waals surface area contributed by atoms with Crippen molar-refractivity contribution in [1.29, 1.82) is 0 Å². The molecule has 34 heavy (non-hydrogen) atoms. The minimum atomic E-state index is -3.59. The zero-order chi connectivity index (χ0) is 24.0. The van der Waals surface area contributed by atoms with E-state index in [1.165, 1.54) is 4.31 Å². The van der Waals surface area contributed by atoms with Gasteiger partial charge in [-0.3, -0.25) is 4.79 Å². The molecule has 0 radical (unpaired) electrons. The molecule has 1 fully saturated rings. The van der Waals surface area contributed by atoms with Crippen LogP contribution in [0, 0.1) is 0 Å². The molecule has 4 rings (SSSR count). The molecule has 0 aromatic heterocycles. The average molecular weight is 480 g/mol. The lowest BCUT2D eigenvalue weighted by Gasteiger charge is -2.26. The molecule has 1 amide bonds. The topological polar surface area (TPSA) is 87.7 Å². The number of ether oxygens (including phenoxy) is 1. The van der Waals surface area contributed by atoms with Gasteiger partial charge in [-0.2, -0.15) is 4.31 Å². The summed E-state index contributed by atoms with van der Waals surface area (Å²) in [5.74, 6) is -0.180. The summed E-state index contributed by atoms with van der Waals surface area (Å²) in [4.78, 5) is 12.7. The van der Waals surface area contributed by atoms with E-state index in [2.05, 4.69) is 22.8 Å². The molecule has 3 aromatic carbocycles. The van der Waals surface area contributed by atoms with Crippen LogP contribution in [0.4, 0.5) is 5.69 Å². The van der Waals surface area contributed by atoms with Gasteiger partial charge in [0.15, 0.2) is 0 Å². The van der Waals surface area contributed by atoms with Crippen LogP contribution in [-0.2, 0) is 19.6 Å². The Labute approximate surface area is 200 Å². The van der Waals surface area contributed by atoms with Crippen LogP contribution < -0.4 is 10.6 Å². The van der Waals surface area contributed by atoms with Crippen molar-refractivity contribution in [1.82, 2.24) is 9.62 Å². The summed E-state index contributed by atoms with van der Waals surface area (Å²) in [6.45, 7) is 3.44. The van der Waals surface area contributed by atoms with Crippen LogP contribution >= 0.6 is 0 Å². The summed E-state index contributed by atoms with van der Waals surface area (Å²) in [5.41, 5.74) is 3.85. The number of carbonyl (C=O) groups excluding carboxylic acids is 1. The van der Waals surface area contributed by atoms with Gasteiger partial charge < -0.3 is 15.4 Å². The Morgan fingerprint density at radius 2 is 1.62 bits per heavy atom. The van der Waals surface area contributed by atoms with Crippen molar-refractivity contribution in [3.05, 3.63) is 84.4 Å². The third kappa shape index (κ3) is 5.83. The summed E-state index contributed by atoms with van der Waals surface area (Å²) in [6, 6.07) is 24.6. The molecule has 0 spiro atoms. The Balaban J connectivity index is 1.33. The highest BCUT2D eigenvalue weighted by Crippen LogP contribution is 2.22. The third-order valence-corrected chi connectivity index (χ3v) is 7.68. The Morgan fingerprint density at radius 1 is 0.941 bits per heavy atom. The maximum atomic E-state index is 12.9. The number of anilines is 1. The van der Waals surface area contributed by atoms with Crippen LogP contribution in [0.25, 0.3) is 11.1 Å². The van der Waals surface area contributed by atoms with Crippen LogP contribution in [-0.4, -0.2) is 51.5 Å². The molecule has 1 saturated heterocycles. The van der Waals surface area contributed by atoms with E-state index in [4.69, 9.17) is 4.74 Å². The predicted molar refractivity (Wildman–Crippen MR) is 133 cm³/mol. The monoisotopic (exact) mass is 479 g/mol. The van der Waals surface area contributed by atoms with Crippen LogP contribution in [0.3, 0.4) is 0 Å². The Bertz CT molecular complexity index is 1210. The van der Waals surface area contributed by atoms with Gasteiger partial charge in [0.25, 0.3) is 0 Å². The van der Waals surface area contributed by atoms with E-state index >= 15 is 0 Å². The van der Waals surface area contributed by atoms with Crippen molar-refractivity contribution >= 4 is 21.6 Å². The van der Waals surface area contributed by atoms with Gasteiger partial charge in [0, 0.05) is 18.8 Å². The number of hydrogen-bond acceptors (Lipinski definition) is 5. The highest BCUT2D eigenvalue weighted by molar-refractivity contribution is 7.89. The molecule has 1 heterocycles. The second kappa shape index (κ2) is 10.8. The maximum Gasteiger partial charge on any atom is 0.243 e. The molecule has 0 unspecified atom stereocenters. The number of nitrogens with zero attached hydrogens (tertiary/aromatic N) is 1. The lowest BCUT2D eigenvalue weighted by molar-refractivity contribution is -0.120. The Hall–Kier alpha value is -3.20. The second-order valence-corrected chi connectivity index (χ2v) is 10.1. The predicted octanol–water partition coefficient (Wildman–Crippen LogP) is 3.66. The first kappa shape index (κ1) is 23.9. The molecule has 1 atom stereocenters. The Morgan fingerprint density at radius 3 is 2.32 bits per heavy atom. The van der Waals surface area contributed by atoms with Gasteiger partial charge in [-0.05, 0) is 41.8 Å². The van der Waals surface area contributed by atoms with Crippen LogP contribution in [0.15, 0.2) is 83.8 Å². The normalized spacial score (nSPS) is 15.4. The number of carbonyl (C=O) groups is 1. The van der Waals surface area contributed by atoms with Crippen molar-refractivity contribution < 1.29 is 17.9 Å². The van der Waals surface area contributed by atoms with Crippen molar-refractivity contribution in [2.24, 2.45) is 0 Å². The average Bonchev–Trinajstić information content (AvgIpc) is 2.89. The van der Waals surface area contributed by atoms with Gasteiger partial charge in [0.2, 0.25) is 15.9 Å². The SMILES string of the molecule is C[C@H](NC(=O)CNc1cccc(S(=O)(=O)N2CCOCC2)c1)c1ccc(-c2ccccc2)cc1. The first-order valence-electron chi connectivity index (χ1n) is 11.3. The van der Waals surface area contributed by atoms with Gasteiger partial charge in [-0.15, -0.1) is 0 Å². The molecule has 0 aliphatic carbocycles. The molecule has 1 aliphatic heterocycles. The lowest BCUT2D eigenvalue weighted by atomic mass is 10.0. The molecule has 7 nitrogen and oxygen atoms in total. The second-order valence-electron chi connectivity index (χ2n) is 8.18. The minimum absolute atomic E-state index is 0.0352. The molecule has 2 N–H and O–H groups in total. The van der Waals surface area contributed by atoms with E-state index in [0.717, 1.165) is 16.7 Å². The summed E-state index contributed by atoms with van der Waals surface area (Å²) in [6.07, 6.45) is 0. The summed E-state index contributed by atoms with van der Waals surface area (Å²) < 4.78 is 32.4. The number of hydrogen-bond donors (Lipinski definition) is 2. The van der Waals surface area contributed by atoms with Crippen LogP contribution in [0.2, 0.25) is 0 Å². The lowest BCUT2D eigenvalue weighted by Crippen LogP contribution is -2.40. The highest BCUT2D eigenvalue weighted by Gasteiger charge is 2.26. The molecule has 3 aromatic rings. The molecular formula is C26H29N3O4S. The summed E-state index contributed by atoms with van der Waals surface area (Å²) >= 11 is 0. The molecule has 1 aliphatic rings. The van der Waals surface area contributed by atoms with E-state index in [-0.39, 0.29) is 23.4 Å². The summed E-state index contributed by atoms with van der Waals surface area (Å²) in [7, 11) is -3.59. The Kier molecular flexibility index (Phi) is 7.62. The number of nitrogens with one attached hydrogen (secondary N) is 2. The van der Waals surface area contributed by atoms with Crippen molar-refractivity contribution in [3.63, 3.8) is 0 Å². The zero-order valence-corrected chi connectivity index (χ0v) is 19.9. The molecule has 0 saturated carbocycles. The van der Waals surface area contributed by atoms with Crippen molar-refractivity contribution in [3.8, 4) is 11.1 Å². The molecule has 0 bridgehead atoms. The van der Waals surface area contributed by atoms with Crippen molar-refractivity contribution in [2.75, 3.05) is 38.2 Å². The van der Waals surface area contributed by atoms with E-state index in [9.17, 15) is 13.2 Å². The number of amides is 1. The largest absolute Gasteiger partial charge is 0.379 e. The first-order chi connectivity index (χ1) is 16.4. The van der Waals surface area contributed by atoms with Gasteiger partial charge in [0.05, 0.1) is 30.7 Å². The fourth-order valence-electron chi connectivity index (χ4n) is 3.86. The smallest absolute Gasteiger partial charge is 0.243 e. The molecule has 178 valence electrons. The van der Waals surface area contributed by atoms with Crippen molar-refractivity contribution in [2.45, 2.75) is 17.9 Å². The van der Waals surface area contributed by atoms with Gasteiger partial charge in [-0.25, -0.2) is 8.42 Å². The molecule has 8 heteroatoms. The van der Waals surface area contributed by atoms with E-state index < -0.39 is 10.0 Å².